The van der Waals surface area contributed by atoms with Gasteiger partial charge in [-0.2, -0.15) is 0 Å². The van der Waals surface area contributed by atoms with Gasteiger partial charge in [0.15, 0.2) is 0 Å². The summed E-state index contributed by atoms with van der Waals surface area (Å²) in [5.74, 6) is 7.54. The molecular weight excluding hydrogens is 342 g/mol. The molecule has 0 aliphatic carbocycles. The Morgan fingerprint density at radius 3 is 2.62 bits per heavy atom. The lowest BCUT2D eigenvalue weighted by atomic mass is 10.2. The number of hydrogen-bond donors (Lipinski definition) is 1. The Balaban J connectivity index is 1.57. The third-order valence-electron chi connectivity index (χ3n) is 2.98. The number of amides is 1. The zero-order chi connectivity index (χ0) is 17.0. The molecule has 124 valence electrons. The van der Waals surface area contributed by atoms with E-state index in [9.17, 15) is 4.79 Å². The van der Waals surface area contributed by atoms with Gasteiger partial charge in [0.05, 0.1) is 17.3 Å². The van der Waals surface area contributed by atoms with Gasteiger partial charge >= 0.3 is 0 Å². The summed E-state index contributed by atoms with van der Waals surface area (Å²) in [5, 5.41) is 3.32. The van der Waals surface area contributed by atoms with Crippen LogP contribution in [0.5, 0.6) is 5.75 Å². The maximum absolute atomic E-state index is 11.7. The van der Waals surface area contributed by atoms with E-state index in [1.807, 2.05) is 30.3 Å². The summed E-state index contributed by atoms with van der Waals surface area (Å²) in [5.41, 5.74) is 1.21. The van der Waals surface area contributed by atoms with E-state index in [0.29, 0.717) is 23.1 Å². The molecule has 5 heteroatoms. The topological polar surface area (TPSA) is 38.3 Å². The quantitative estimate of drug-likeness (QED) is 0.765. The van der Waals surface area contributed by atoms with E-state index < -0.39 is 0 Å². The van der Waals surface area contributed by atoms with Gasteiger partial charge in [-0.05, 0) is 17.7 Å². The Morgan fingerprint density at radius 1 is 1.08 bits per heavy atom. The summed E-state index contributed by atoms with van der Waals surface area (Å²) < 4.78 is 5.44. The molecule has 0 aliphatic heterocycles. The molecule has 0 radical (unpaired) electrons. The third kappa shape index (κ3) is 6.99. The van der Waals surface area contributed by atoms with Gasteiger partial charge in [-0.3, -0.25) is 4.79 Å². The number of nitrogens with one attached hydrogen (secondary N) is 1. The summed E-state index contributed by atoms with van der Waals surface area (Å²) in [6.45, 7) is 0.555. The molecule has 2 rings (SSSR count). The van der Waals surface area contributed by atoms with Crippen LogP contribution < -0.4 is 10.1 Å². The highest BCUT2D eigenvalue weighted by atomic mass is 35.5. The first-order chi connectivity index (χ1) is 11.8. The first kappa shape index (κ1) is 18.3. The maximum Gasteiger partial charge on any atom is 0.230 e. The number of ether oxygens (including phenoxy) is 1. The van der Waals surface area contributed by atoms with Crippen LogP contribution in [0.1, 0.15) is 5.56 Å². The lowest BCUT2D eigenvalue weighted by molar-refractivity contribution is -0.118. The number of halogens is 1. The fraction of sp³-hybridized carbons (Fsp3) is 0.211. The SMILES string of the molecule is O=C(CSCc1ccccc1)NCC#CCOc1ccccc1Cl. The first-order valence-electron chi connectivity index (χ1n) is 7.47. The zero-order valence-corrected chi connectivity index (χ0v) is 14.7. The summed E-state index contributed by atoms with van der Waals surface area (Å²) >= 11 is 7.55. The van der Waals surface area contributed by atoms with Gasteiger partial charge in [0.2, 0.25) is 5.91 Å². The van der Waals surface area contributed by atoms with Gasteiger partial charge < -0.3 is 10.1 Å². The van der Waals surface area contributed by atoms with Crippen LogP contribution in [-0.2, 0) is 10.5 Å². The molecule has 0 spiro atoms. The Bertz CT molecular complexity index is 710. The molecule has 0 unspecified atom stereocenters. The molecule has 0 saturated heterocycles. The number of hydrogen-bond acceptors (Lipinski definition) is 3. The highest BCUT2D eigenvalue weighted by molar-refractivity contribution is 7.99. The fourth-order valence-electron chi connectivity index (χ4n) is 1.82. The molecule has 0 heterocycles. The molecule has 0 atom stereocenters. The smallest absolute Gasteiger partial charge is 0.230 e. The normalized spacial score (nSPS) is 9.71. The highest BCUT2D eigenvalue weighted by Gasteiger charge is 2.00. The van der Waals surface area contributed by atoms with Crippen LogP contribution in [0, 0.1) is 11.8 Å². The molecule has 3 nitrogen and oxygen atoms in total. The van der Waals surface area contributed by atoms with Gasteiger partial charge in [0.25, 0.3) is 0 Å². The third-order valence-corrected chi connectivity index (χ3v) is 4.30. The average Bonchev–Trinajstić information content (AvgIpc) is 2.60. The van der Waals surface area contributed by atoms with Crippen LogP contribution in [0.2, 0.25) is 5.02 Å². The second-order valence-electron chi connectivity index (χ2n) is 4.83. The van der Waals surface area contributed by atoms with E-state index in [1.165, 1.54) is 5.56 Å². The second kappa shape index (κ2) is 10.6. The van der Waals surface area contributed by atoms with E-state index in [1.54, 1.807) is 23.9 Å². The van der Waals surface area contributed by atoms with E-state index in [2.05, 4.69) is 29.3 Å². The molecule has 2 aromatic carbocycles. The predicted molar refractivity (Wildman–Crippen MR) is 100 cm³/mol. The largest absolute Gasteiger partial charge is 0.479 e. The summed E-state index contributed by atoms with van der Waals surface area (Å²) in [6.07, 6.45) is 0. The number of para-hydroxylation sites is 1. The van der Waals surface area contributed by atoms with Gasteiger partial charge in [0.1, 0.15) is 12.4 Å². The van der Waals surface area contributed by atoms with Gasteiger partial charge in [0, 0.05) is 5.75 Å². The average molecular weight is 360 g/mol. The molecule has 1 N–H and O–H groups in total. The predicted octanol–water partition coefficient (Wildman–Crippen LogP) is 3.77. The van der Waals surface area contributed by atoms with Crippen molar-refractivity contribution in [2.75, 3.05) is 18.9 Å². The number of carbonyl (C=O) groups excluding carboxylic acids is 1. The Hall–Kier alpha value is -2.09. The van der Waals surface area contributed by atoms with Crippen LogP contribution in [-0.4, -0.2) is 24.8 Å². The zero-order valence-electron chi connectivity index (χ0n) is 13.1. The number of benzene rings is 2. The minimum atomic E-state index is -0.0164. The summed E-state index contributed by atoms with van der Waals surface area (Å²) in [4.78, 5) is 11.7. The van der Waals surface area contributed by atoms with Gasteiger partial charge in [-0.15, -0.1) is 11.8 Å². The van der Waals surface area contributed by atoms with E-state index >= 15 is 0 Å². The van der Waals surface area contributed by atoms with Crippen LogP contribution in [0.25, 0.3) is 0 Å². The van der Waals surface area contributed by atoms with Gasteiger partial charge in [-0.25, -0.2) is 0 Å². The molecular formula is C19H18ClNO2S. The van der Waals surface area contributed by atoms with E-state index in [-0.39, 0.29) is 12.5 Å². The number of thioether (sulfide) groups is 1. The van der Waals surface area contributed by atoms with Crippen molar-refractivity contribution in [1.29, 1.82) is 0 Å². The minimum absolute atomic E-state index is 0.0164. The van der Waals surface area contributed by atoms with Crippen molar-refractivity contribution >= 4 is 29.3 Å². The molecule has 0 bridgehead atoms. The van der Waals surface area contributed by atoms with Crippen molar-refractivity contribution < 1.29 is 9.53 Å². The van der Waals surface area contributed by atoms with E-state index in [0.717, 1.165) is 5.75 Å². The number of carbonyl (C=O) groups is 1. The van der Waals surface area contributed by atoms with Crippen LogP contribution in [0.15, 0.2) is 54.6 Å². The lowest BCUT2D eigenvalue weighted by Gasteiger charge is -2.03. The Kier molecular flexibility index (Phi) is 8.09. The van der Waals surface area contributed by atoms with E-state index in [4.69, 9.17) is 16.3 Å². The minimum Gasteiger partial charge on any atom is -0.479 e. The summed E-state index contributed by atoms with van der Waals surface area (Å²) in [7, 11) is 0. The summed E-state index contributed by atoms with van der Waals surface area (Å²) in [6, 6.07) is 17.3. The lowest BCUT2D eigenvalue weighted by Crippen LogP contribution is -2.25. The first-order valence-corrected chi connectivity index (χ1v) is 9.00. The highest BCUT2D eigenvalue weighted by Crippen LogP contribution is 2.22. The monoisotopic (exact) mass is 359 g/mol. The van der Waals surface area contributed by atoms with Crippen molar-refractivity contribution in [3.8, 4) is 17.6 Å². The fourth-order valence-corrected chi connectivity index (χ4v) is 2.83. The Morgan fingerprint density at radius 2 is 1.83 bits per heavy atom. The molecule has 2 aromatic rings. The van der Waals surface area contributed by atoms with Gasteiger partial charge in [-0.1, -0.05) is 65.9 Å². The van der Waals surface area contributed by atoms with Crippen LogP contribution >= 0.6 is 23.4 Å². The molecule has 0 aliphatic rings. The van der Waals surface area contributed by atoms with Crippen LogP contribution in [0.4, 0.5) is 0 Å². The standard InChI is InChI=1S/C19H18ClNO2S/c20-17-10-4-5-11-18(17)23-13-7-6-12-21-19(22)15-24-14-16-8-2-1-3-9-16/h1-5,8-11H,12-15H2,(H,21,22). The molecule has 1 amide bonds. The van der Waals surface area contributed by atoms with Crippen molar-refractivity contribution in [3.05, 3.63) is 65.2 Å². The number of rotatable bonds is 7. The maximum atomic E-state index is 11.7. The van der Waals surface area contributed by atoms with Crippen molar-refractivity contribution in [2.45, 2.75) is 5.75 Å². The molecule has 0 saturated carbocycles. The van der Waals surface area contributed by atoms with Crippen molar-refractivity contribution in [3.63, 3.8) is 0 Å². The second-order valence-corrected chi connectivity index (χ2v) is 6.22. The van der Waals surface area contributed by atoms with Crippen molar-refractivity contribution in [2.24, 2.45) is 0 Å². The molecule has 0 aromatic heterocycles. The van der Waals surface area contributed by atoms with Crippen molar-refractivity contribution in [1.82, 2.24) is 5.32 Å². The van der Waals surface area contributed by atoms with Crippen LogP contribution in [0.3, 0.4) is 0 Å². The Labute approximate surface area is 151 Å². The molecule has 0 fully saturated rings. The molecule has 24 heavy (non-hydrogen) atoms.